The topological polar surface area (TPSA) is 70.7 Å². The van der Waals surface area contributed by atoms with Crippen LogP contribution in [0.3, 0.4) is 0 Å². The Bertz CT molecular complexity index is 631. The van der Waals surface area contributed by atoms with Crippen LogP contribution in [0.1, 0.15) is 12.8 Å². The van der Waals surface area contributed by atoms with E-state index in [0.29, 0.717) is 37.0 Å². The predicted molar refractivity (Wildman–Crippen MR) is 92.1 cm³/mol. The van der Waals surface area contributed by atoms with E-state index < -0.39 is 0 Å². The molecule has 0 aromatic heterocycles. The van der Waals surface area contributed by atoms with Crippen LogP contribution < -0.4 is 10.6 Å². The lowest BCUT2D eigenvalue weighted by molar-refractivity contribution is -0.129. The van der Waals surface area contributed by atoms with Crippen molar-refractivity contribution in [3.63, 3.8) is 0 Å². The number of carbonyl (C=O) groups is 2. The fourth-order valence-corrected chi connectivity index (χ4v) is 3.88. The molecule has 24 heavy (non-hydrogen) atoms. The number of hydrogen-bond acceptors (Lipinski definition) is 3. The van der Waals surface area contributed by atoms with Crippen molar-refractivity contribution in [1.29, 1.82) is 0 Å². The van der Waals surface area contributed by atoms with Gasteiger partial charge in [-0.3, -0.25) is 4.79 Å². The zero-order valence-electron chi connectivity index (χ0n) is 13.7. The quantitative estimate of drug-likeness (QED) is 0.859. The highest BCUT2D eigenvalue weighted by Gasteiger charge is 2.51. The molecule has 3 amide bonds. The Balaban J connectivity index is 1.76. The van der Waals surface area contributed by atoms with E-state index >= 15 is 0 Å². The molecule has 0 bridgehead atoms. The van der Waals surface area contributed by atoms with E-state index in [0.717, 1.165) is 12.8 Å². The normalized spacial score (nSPS) is 22.4. The van der Waals surface area contributed by atoms with Crippen LogP contribution in [0.15, 0.2) is 24.3 Å². The van der Waals surface area contributed by atoms with Crippen LogP contribution in [-0.2, 0) is 9.53 Å². The van der Waals surface area contributed by atoms with Crippen LogP contribution in [0.25, 0.3) is 0 Å². The molecule has 7 heteroatoms. The molecule has 0 aliphatic carbocycles. The maximum atomic E-state index is 12.6. The number of hydrogen-bond donors (Lipinski definition) is 2. The molecule has 0 saturated carbocycles. The van der Waals surface area contributed by atoms with Crippen molar-refractivity contribution in [2.75, 3.05) is 38.7 Å². The molecule has 2 heterocycles. The molecule has 1 aromatic carbocycles. The van der Waals surface area contributed by atoms with E-state index in [2.05, 4.69) is 10.6 Å². The largest absolute Gasteiger partial charge is 0.381 e. The highest BCUT2D eigenvalue weighted by molar-refractivity contribution is 6.33. The van der Waals surface area contributed by atoms with Gasteiger partial charge >= 0.3 is 6.03 Å². The highest BCUT2D eigenvalue weighted by atomic mass is 35.5. The first kappa shape index (κ1) is 17.0. The molecule has 2 aliphatic rings. The van der Waals surface area contributed by atoms with Gasteiger partial charge < -0.3 is 20.3 Å². The Hall–Kier alpha value is -1.79. The lowest BCUT2D eigenvalue weighted by Gasteiger charge is -2.36. The molecule has 2 aliphatic heterocycles. The minimum atomic E-state index is -0.222. The molecule has 0 radical (unpaired) electrons. The van der Waals surface area contributed by atoms with Crippen LogP contribution in [-0.4, -0.2) is 50.2 Å². The molecule has 1 aromatic rings. The molecule has 6 nitrogen and oxygen atoms in total. The van der Waals surface area contributed by atoms with Crippen LogP contribution in [0, 0.1) is 11.3 Å². The van der Waals surface area contributed by atoms with E-state index in [9.17, 15) is 9.59 Å². The Kier molecular flexibility index (Phi) is 4.96. The molecule has 2 fully saturated rings. The number of nitrogens with zero attached hydrogens (tertiary/aromatic N) is 1. The minimum absolute atomic E-state index is 0.00931. The van der Waals surface area contributed by atoms with Gasteiger partial charge in [0.1, 0.15) is 0 Å². The second-order valence-corrected chi connectivity index (χ2v) is 6.84. The molecule has 130 valence electrons. The van der Waals surface area contributed by atoms with Crippen molar-refractivity contribution in [3.05, 3.63) is 29.3 Å². The van der Waals surface area contributed by atoms with Crippen LogP contribution in [0.2, 0.25) is 5.02 Å². The van der Waals surface area contributed by atoms with Gasteiger partial charge in [-0.05, 0) is 25.0 Å². The Morgan fingerprint density at radius 3 is 2.67 bits per heavy atom. The van der Waals surface area contributed by atoms with Crippen LogP contribution >= 0.6 is 11.6 Å². The first-order valence-electron chi connectivity index (χ1n) is 8.15. The summed E-state index contributed by atoms with van der Waals surface area (Å²) in [6, 6.07) is 6.90. The van der Waals surface area contributed by atoms with Gasteiger partial charge in [-0.2, -0.15) is 0 Å². The summed E-state index contributed by atoms with van der Waals surface area (Å²) in [5, 5.41) is 6.08. The first-order chi connectivity index (χ1) is 11.6. The maximum Gasteiger partial charge on any atom is 0.321 e. The number of likely N-dealkylation sites (tertiary alicyclic amines) is 1. The lowest BCUT2D eigenvalue weighted by Crippen LogP contribution is -2.43. The van der Waals surface area contributed by atoms with Gasteiger partial charge in [-0.1, -0.05) is 23.7 Å². The van der Waals surface area contributed by atoms with Crippen molar-refractivity contribution < 1.29 is 14.3 Å². The number of benzene rings is 1. The van der Waals surface area contributed by atoms with E-state index in [4.69, 9.17) is 16.3 Å². The van der Waals surface area contributed by atoms with Crippen molar-refractivity contribution in [1.82, 2.24) is 10.2 Å². The highest BCUT2D eigenvalue weighted by Crippen LogP contribution is 2.44. The van der Waals surface area contributed by atoms with E-state index in [-0.39, 0.29) is 23.3 Å². The summed E-state index contributed by atoms with van der Waals surface area (Å²) in [5.41, 5.74) is 0.379. The van der Waals surface area contributed by atoms with Crippen molar-refractivity contribution in [2.45, 2.75) is 12.8 Å². The van der Waals surface area contributed by atoms with Gasteiger partial charge in [-0.15, -0.1) is 0 Å². The first-order valence-corrected chi connectivity index (χ1v) is 8.53. The fraction of sp³-hybridized carbons (Fsp3) is 0.529. The maximum absolute atomic E-state index is 12.6. The van der Waals surface area contributed by atoms with Crippen molar-refractivity contribution in [3.8, 4) is 0 Å². The van der Waals surface area contributed by atoms with Crippen molar-refractivity contribution in [2.24, 2.45) is 11.3 Å². The molecule has 1 atom stereocenters. The summed E-state index contributed by atoms with van der Waals surface area (Å²) in [4.78, 5) is 26.7. The van der Waals surface area contributed by atoms with E-state index in [1.807, 2.05) is 12.1 Å². The number of urea groups is 1. The zero-order chi connectivity index (χ0) is 17.2. The summed E-state index contributed by atoms with van der Waals surface area (Å²) in [6.45, 7) is 2.24. The molecular weight excluding hydrogens is 330 g/mol. The number of halogens is 1. The Morgan fingerprint density at radius 1 is 1.29 bits per heavy atom. The predicted octanol–water partition coefficient (Wildman–Crippen LogP) is 2.35. The third kappa shape index (κ3) is 3.21. The SMILES string of the molecule is CNC(=O)C1CN(C(=O)Nc2ccccc2Cl)CC12CCOCC2. The molecule has 1 spiro atoms. The van der Waals surface area contributed by atoms with Crippen LogP contribution in [0.5, 0.6) is 0 Å². The fourth-order valence-electron chi connectivity index (χ4n) is 3.70. The number of para-hydroxylation sites is 1. The van der Waals surface area contributed by atoms with Crippen molar-refractivity contribution >= 4 is 29.2 Å². The van der Waals surface area contributed by atoms with Gasteiger partial charge in [0.05, 0.1) is 16.6 Å². The molecule has 3 rings (SSSR count). The van der Waals surface area contributed by atoms with Gasteiger partial charge in [-0.25, -0.2) is 4.79 Å². The number of nitrogens with one attached hydrogen (secondary N) is 2. The second-order valence-electron chi connectivity index (χ2n) is 6.43. The molecular formula is C17H22ClN3O3. The summed E-state index contributed by atoms with van der Waals surface area (Å²) in [5.74, 6) is -0.215. The van der Waals surface area contributed by atoms with Gasteiger partial charge in [0.15, 0.2) is 0 Å². The second kappa shape index (κ2) is 6.99. The number of amides is 3. The number of ether oxygens (including phenoxy) is 1. The third-order valence-corrected chi connectivity index (χ3v) is 5.43. The Labute approximate surface area is 146 Å². The standard InChI is InChI=1S/C17H22ClN3O3/c1-19-15(22)12-10-21(11-17(12)6-8-24-9-7-17)16(23)20-14-5-3-2-4-13(14)18/h2-5,12H,6-11H2,1H3,(H,19,22)(H,20,23). The smallest absolute Gasteiger partial charge is 0.321 e. The molecule has 2 saturated heterocycles. The summed E-state index contributed by atoms with van der Waals surface area (Å²) in [7, 11) is 1.64. The van der Waals surface area contributed by atoms with E-state index in [1.54, 1.807) is 24.1 Å². The van der Waals surface area contributed by atoms with Gasteiger partial charge in [0.25, 0.3) is 0 Å². The van der Waals surface area contributed by atoms with Gasteiger partial charge in [0.2, 0.25) is 5.91 Å². The average molecular weight is 352 g/mol. The van der Waals surface area contributed by atoms with Gasteiger partial charge in [0, 0.05) is 38.8 Å². The van der Waals surface area contributed by atoms with Crippen LogP contribution in [0.4, 0.5) is 10.5 Å². The molecule has 2 N–H and O–H groups in total. The summed E-state index contributed by atoms with van der Waals surface area (Å²) < 4.78 is 5.46. The average Bonchev–Trinajstić information content (AvgIpc) is 2.96. The monoisotopic (exact) mass is 351 g/mol. The minimum Gasteiger partial charge on any atom is -0.381 e. The third-order valence-electron chi connectivity index (χ3n) is 5.10. The number of carbonyl (C=O) groups excluding carboxylic acids is 2. The lowest BCUT2D eigenvalue weighted by atomic mass is 9.72. The zero-order valence-corrected chi connectivity index (χ0v) is 14.4. The Morgan fingerprint density at radius 2 is 2.00 bits per heavy atom. The summed E-state index contributed by atoms with van der Waals surface area (Å²) in [6.07, 6.45) is 1.59. The van der Waals surface area contributed by atoms with E-state index in [1.165, 1.54) is 0 Å². The molecule has 1 unspecified atom stereocenters. The number of rotatable bonds is 2. The number of anilines is 1. The summed E-state index contributed by atoms with van der Waals surface area (Å²) >= 11 is 6.10.